The molecule has 0 aliphatic carbocycles. The van der Waals surface area contributed by atoms with Crippen molar-refractivity contribution in [2.75, 3.05) is 12.4 Å². The van der Waals surface area contributed by atoms with Crippen molar-refractivity contribution in [3.63, 3.8) is 0 Å². The van der Waals surface area contributed by atoms with Gasteiger partial charge in [0.05, 0.1) is 0 Å². The number of hydrogen-bond donors (Lipinski definition) is 1. The number of alkyl halides is 1. The zero-order chi connectivity index (χ0) is 6.41. The molecule has 1 nitrogen and oxygen atoms in total. The van der Waals surface area contributed by atoms with E-state index in [0.29, 0.717) is 11.9 Å². The molecule has 1 atom stereocenters. The molecular formula is C6H14ClN. The molecule has 0 spiro atoms. The molecule has 0 aromatic carbocycles. The summed E-state index contributed by atoms with van der Waals surface area (Å²) in [6.45, 7) is 5.25. The fraction of sp³-hybridized carbons (Fsp3) is 1.00. The summed E-state index contributed by atoms with van der Waals surface area (Å²) in [6, 6.07) is 0.619. The van der Waals surface area contributed by atoms with Gasteiger partial charge in [-0.1, -0.05) is 6.92 Å². The quantitative estimate of drug-likeness (QED) is 0.578. The molecule has 2 heteroatoms. The lowest BCUT2D eigenvalue weighted by Crippen LogP contribution is -2.26. The van der Waals surface area contributed by atoms with Gasteiger partial charge in [-0.3, -0.25) is 0 Å². The van der Waals surface area contributed by atoms with Crippen LogP contribution in [-0.2, 0) is 0 Å². The second kappa shape index (κ2) is 5.39. The summed E-state index contributed by atoms with van der Waals surface area (Å²) in [6.07, 6.45) is 1.18. The van der Waals surface area contributed by atoms with Crippen LogP contribution < -0.4 is 5.32 Å². The molecule has 1 N–H and O–H groups in total. The predicted octanol–water partition coefficient (Wildman–Crippen LogP) is 1.61. The van der Waals surface area contributed by atoms with E-state index in [0.717, 1.165) is 6.54 Å². The molecule has 0 heterocycles. The van der Waals surface area contributed by atoms with E-state index >= 15 is 0 Å². The van der Waals surface area contributed by atoms with E-state index in [1.54, 1.807) is 0 Å². The van der Waals surface area contributed by atoms with Crippen LogP contribution in [0.25, 0.3) is 0 Å². The topological polar surface area (TPSA) is 12.0 Å². The third kappa shape index (κ3) is 4.41. The average molecular weight is 136 g/mol. The summed E-state index contributed by atoms with van der Waals surface area (Å²) < 4.78 is 0. The van der Waals surface area contributed by atoms with E-state index in [2.05, 4.69) is 19.2 Å². The number of hydrogen-bond acceptors (Lipinski definition) is 1. The van der Waals surface area contributed by atoms with Crippen molar-refractivity contribution >= 4 is 11.6 Å². The van der Waals surface area contributed by atoms with Crippen molar-refractivity contribution in [1.29, 1.82) is 0 Å². The molecule has 0 aliphatic heterocycles. The Bertz CT molecular complexity index is 47.8. The Labute approximate surface area is 56.4 Å². The maximum absolute atomic E-state index is 5.44. The molecule has 0 fully saturated rings. The minimum absolute atomic E-state index is 0.619. The van der Waals surface area contributed by atoms with Gasteiger partial charge in [-0.15, -0.1) is 11.6 Å². The maximum atomic E-state index is 5.44. The first-order chi connectivity index (χ1) is 3.81. The molecule has 0 saturated carbocycles. The van der Waals surface area contributed by atoms with Gasteiger partial charge in [-0.05, 0) is 13.3 Å². The number of nitrogens with one attached hydrogen (secondary N) is 1. The summed E-state index contributed by atoms with van der Waals surface area (Å²) >= 11 is 5.44. The van der Waals surface area contributed by atoms with Gasteiger partial charge < -0.3 is 5.32 Å². The Morgan fingerprint density at radius 1 is 1.62 bits per heavy atom. The van der Waals surface area contributed by atoms with Crippen LogP contribution in [0.4, 0.5) is 0 Å². The van der Waals surface area contributed by atoms with Crippen molar-refractivity contribution in [2.45, 2.75) is 26.3 Å². The van der Waals surface area contributed by atoms with Gasteiger partial charge >= 0.3 is 0 Å². The number of rotatable bonds is 4. The van der Waals surface area contributed by atoms with E-state index in [1.807, 2.05) is 0 Å². The van der Waals surface area contributed by atoms with Crippen LogP contribution in [0.1, 0.15) is 20.3 Å². The van der Waals surface area contributed by atoms with Crippen LogP contribution in [0, 0.1) is 0 Å². The minimum atomic E-state index is 0.619. The highest BCUT2D eigenvalue weighted by atomic mass is 35.5. The van der Waals surface area contributed by atoms with Crippen LogP contribution >= 0.6 is 11.6 Å². The molecule has 0 amide bonds. The lowest BCUT2D eigenvalue weighted by molar-refractivity contribution is 0.554. The van der Waals surface area contributed by atoms with Crippen LogP contribution in [0.15, 0.2) is 0 Å². The first kappa shape index (κ1) is 8.25. The standard InChI is InChI=1S/C6H14ClN/c1-3-6(2)8-5-4-7/h6,8H,3-5H2,1-2H3. The molecule has 8 heavy (non-hydrogen) atoms. The average Bonchev–Trinajstić information content (AvgIpc) is 1.83. The highest BCUT2D eigenvalue weighted by Crippen LogP contribution is 1.85. The third-order valence-corrected chi connectivity index (χ3v) is 1.39. The summed E-state index contributed by atoms with van der Waals surface area (Å²) in [5, 5.41) is 3.25. The second-order valence-electron chi connectivity index (χ2n) is 1.95. The van der Waals surface area contributed by atoms with Gasteiger partial charge in [0.25, 0.3) is 0 Å². The molecule has 0 aliphatic rings. The normalized spacial score (nSPS) is 13.9. The van der Waals surface area contributed by atoms with E-state index < -0.39 is 0 Å². The third-order valence-electron chi connectivity index (χ3n) is 1.20. The van der Waals surface area contributed by atoms with E-state index in [-0.39, 0.29) is 0 Å². The van der Waals surface area contributed by atoms with Gasteiger partial charge in [0.15, 0.2) is 0 Å². The Hall–Kier alpha value is 0.250. The van der Waals surface area contributed by atoms with Gasteiger partial charge in [0.2, 0.25) is 0 Å². The zero-order valence-corrected chi connectivity index (χ0v) is 6.33. The van der Waals surface area contributed by atoms with Crippen molar-refractivity contribution < 1.29 is 0 Å². The van der Waals surface area contributed by atoms with Gasteiger partial charge in [0, 0.05) is 18.5 Å². The molecule has 0 aromatic heterocycles. The lowest BCUT2D eigenvalue weighted by atomic mass is 10.3. The minimum Gasteiger partial charge on any atom is -0.313 e. The molecule has 0 bridgehead atoms. The van der Waals surface area contributed by atoms with Gasteiger partial charge in [0.1, 0.15) is 0 Å². The van der Waals surface area contributed by atoms with Crippen molar-refractivity contribution in [3.05, 3.63) is 0 Å². The predicted molar refractivity (Wildman–Crippen MR) is 38.5 cm³/mol. The molecule has 0 radical (unpaired) electrons. The van der Waals surface area contributed by atoms with Crippen molar-refractivity contribution in [3.8, 4) is 0 Å². The van der Waals surface area contributed by atoms with Crippen molar-refractivity contribution in [1.82, 2.24) is 5.32 Å². The summed E-state index contributed by atoms with van der Waals surface area (Å²) in [5.74, 6) is 0.713. The maximum Gasteiger partial charge on any atom is 0.0348 e. The lowest BCUT2D eigenvalue weighted by Gasteiger charge is -2.07. The summed E-state index contributed by atoms with van der Waals surface area (Å²) in [7, 11) is 0. The smallest absolute Gasteiger partial charge is 0.0348 e. The molecule has 0 rings (SSSR count). The van der Waals surface area contributed by atoms with Crippen molar-refractivity contribution in [2.24, 2.45) is 0 Å². The first-order valence-electron chi connectivity index (χ1n) is 3.10. The van der Waals surface area contributed by atoms with E-state index in [9.17, 15) is 0 Å². The highest BCUT2D eigenvalue weighted by molar-refractivity contribution is 6.18. The van der Waals surface area contributed by atoms with E-state index in [4.69, 9.17) is 11.6 Å². The number of halogens is 1. The first-order valence-corrected chi connectivity index (χ1v) is 3.64. The Balaban J connectivity index is 2.86. The fourth-order valence-corrected chi connectivity index (χ4v) is 0.554. The van der Waals surface area contributed by atoms with Crippen LogP contribution in [0.3, 0.4) is 0 Å². The largest absolute Gasteiger partial charge is 0.313 e. The molecular weight excluding hydrogens is 122 g/mol. The van der Waals surface area contributed by atoms with Crippen LogP contribution in [0.5, 0.6) is 0 Å². The van der Waals surface area contributed by atoms with Crippen LogP contribution in [-0.4, -0.2) is 18.5 Å². The monoisotopic (exact) mass is 135 g/mol. The highest BCUT2D eigenvalue weighted by Gasteiger charge is 1.92. The summed E-state index contributed by atoms with van der Waals surface area (Å²) in [5.41, 5.74) is 0. The molecule has 0 saturated heterocycles. The Kier molecular flexibility index (Phi) is 5.56. The van der Waals surface area contributed by atoms with Gasteiger partial charge in [-0.2, -0.15) is 0 Å². The molecule has 50 valence electrons. The van der Waals surface area contributed by atoms with Crippen LogP contribution in [0.2, 0.25) is 0 Å². The Morgan fingerprint density at radius 2 is 2.25 bits per heavy atom. The van der Waals surface area contributed by atoms with E-state index in [1.165, 1.54) is 6.42 Å². The zero-order valence-electron chi connectivity index (χ0n) is 5.58. The summed E-state index contributed by atoms with van der Waals surface area (Å²) in [4.78, 5) is 0. The molecule has 1 unspecified atom stereocenters. The molecule has 0 aromatic rings. The second-order valence-corrected chi connectivity index (χ2v) is 2.33. The fourth-order valence-electron chi connectivity index (χ4n) is 0.445. The SMILES string of the molecule is CCC(C)NCCCl. The van der Waals surface area contributed by atoms with Gasteiger partial charge in [-0.25, -0.2) is 0 Å². The Morgan fingerprint density at radius 3 is 2.62 bits per heavy atom.